The lowest BCUT2D eigenvalue weighted by atomic mass is 10.2. The van der Waals surface area contributed by atoms with Crippen LogP contribution >= 0.6 is 11.6 Å². The Morgan fingerprint density at radius 1 is 0.889 bits per heavy atom. The molecule has 3 aromatic carbocycles. The number of anilines is 2. The van der Waals surface area contributed by atoms with Crippen LogP contribution in [-0.2, 0) is 21.0 Å². The first-order valence-corrected chi connectivity index (χ1v) is 12.9. The fourth-order valence-corrected chi connectivity index (χ4v) is 5.69. The zero-order valence-corrected chi connectivity index (χ0v) is 20.6. The second-order valence-corrected chi connectivity index (χ2v) is 10.5. The average molecular weight is 538 g/mol. The number of amides is 1. The van der Waals surface area contributed by atoms with Crippen LogP contribution in [0.5, 0.6) is 0 Å². The normalized spacial score (nSPS) is 14.6. The maximum atomic E-state index is 13.5. The number of carbonyl (C=O) groups is 1. The quantitative estimate of drug-likeness (QED) is 0.449. The van der Waals surface area contributed by atoms with Crippen molar-refractivity contribution in [2.75, 3.05) is 41.9 Å². The van der Waals surface area contributed by atoms with Crippen LogP contribution in [0.25, 0.3) is 0 Å². The molecule has 6 nitrogen and oxygen atoms in total. The number of sulfonamides is 1. The molecule has 0 bridgehead atoms. The lowest BCUT2D eigenvalue weighted by molar-refractivity contribution is -0.137. The molecule has 36 heavy (non-hydrogen) atoms. The van der Waals surface area contributed by atoms with Gasteiger partial charge in [-0.1, -0.05) is 48.0 Å². The van der Waals surface area contributed by atoms with Gasteiger partial charge in [0.25, 0.3) is 10.0 Å². The number of para-hydroxylation sites is 1. The molecule has 0 radical (unpaired) electrons. The number of carbonyl (C=O) groups excluding carboxylic acids is 1. The zero-order chi connectivity index (χ0) is 25.9. The number of benzene rings is 3. The summed E-state index contributed by atoms with van der Waals surface area (Å²) in [7, 11) is -4.40. The van der Waals surface area contributed by atoms with E-state index >= 15 is 0 Å². The number of rotatable bonds is 6. The second kappa shape index (κ2) is 10.4. The van der Waals surface area contributed by atoms with Gasteiger partial charge in [-0.25, -0.2) is 8.42 Å². The van der Waals surface area contributed by atoms with Gasteiger partial charge in [0.05, 0.1) is 21.2 Å². The van der Waals surface area contributed by atoms with Crippen LogP contribution in [0.1, 0.15) is 5.56 Å². The monoisotopic (exact) mass is 537 g/mol. The molecule has 11 heteroatoms. The summed E-state index contributed by atoms with van der Waals surface area (Å²) in [4.78, 5) is 16.7. The van der Waals surface area contributed by atoms with Gasteiger partial charge in [0.1, 0.15) is 6.54 Å². The highest BCUT2D eigenvalue weighted by Gasteiger charge is 2.35. The number of hydrogen-bond acceptors (Lipinski definition) is 4. The molecule has 1 amide bonds. The summed E-state index contributed by atoms with van der Waals surface area (Å²) in [6, 6.07) is 19.3. The number of hydrogen-bond donors (Lipinski definition) is 0. The SMILES string of the molecule is O=C(CN(c1cc(C(F)(F)F)ccc1Cl)S(=O)(=O)c1ccccc1)N1CCN(c2ccccc2)CC1. The number of alkyl halides is 3. The van der Waals surface area contributed by atoms with Gasteiger partial charge in [0, 0.05) is 31.9 Å². The molecule has 1 saturated heterocycles. The lowest BCUT2D eigenvalue weighted by Crippen LogP contribution is -2.52. The number of piperazine rings is 1. The van der Waals surface area contributed by atoms with Crippen molar-refractivity contribution in [2.24, 2.45) is 0 Å². The van der Waals surface area contributed by atoms with E-state index in [1.54, 1.807) is 6.07 Å². The maximum Gasteiger partial charge on any atom is 0.416 e. The van der Waals surface area contributed by atoms with Gasteiger partial charge in [0.15, 0.2) is 0 Å². The third-order valence-electron chi connectivity index (χ3n) is 5.91. The van der Waals surface area contributed by atoms with Gasteiger partial charge >= 0.3 is 6.18 Å². The van der Waals surface area contributed by atoms with Crippen molar-refractivity contribution < 1.29 is 26.4 Å². The summed E-state index contributed by atoms with van der Waals surface area (Å²) in [6.07, 6.45) is -4.72. The van der Waals surface area contributed by atoms with Crippen molar-refractivity contribution in [1.82, 2.24) is 4.90 Å². The molecule has 190 valence electrons. The summed E-state index contributed by atoms with van der Waals surface area (Å²) >= 11 is 6.19. The minimum absolute atomic E-state index is 0.167. The predicted molar refractivity (Wildman–Crippen MR) is 133 cm³/mol. The van der Waals surface area contributed by atoms with Crippen molar-refractivity contribution in [3.8, 4) is 0 Å². The highest BCUT2D eigenvalue weighted by atomic mass is 35.5. The fourth-order valence-electron chi connectivity index (χ4n) is 3.98. The molecule has 1 fully saturated rings. The largest absolute Gasteiger partial charge is 0.416 e. The molecular weight excluding hydrogens is 515 g/mol. The standard InChI is InChI=1S/C25H23ClF3N3O3S/c26-22-12-11-19(25(27,28)29)17-23(22)32(36(34,35)21-9-5-2-6-10-21)18-24(33)31-15-13-30(14-16-31)20-7-3-1-4-8-20/h1-12,17H,13-16,18H2. The van der Waals surface area contributed by atoms with Crippen molar-refractivity contribution in [1.29, 1.82) is 0 Å². The van der Waals surface area contributed by atoms with Gasteiger partial charge in [0.2, 0.25) is 5.91 Å². The van der Waals surface area contributed by atoms with E-state index in [4.69, 9.17) is 11.6 Å². The molecule has 1 aliphatic heterocycles. The molecule has 0 aliphatic carbocycles. The molecule has 0 saturated carbocycles. The molecule has 0 unspecified atom stereocenters. The summed E-state index contributed by atoms with van der Waals surface area (Å²) in [5.41, 5.74) is -0.473. The van der Waals surface area contributed by atoms with Crippen LogP contribution in [0.4, 0.5) is 24.5 Å². The van der Waals surface area contributed by atoms with E-state index in [0.29, 0.717) is 36.6 Å². The minimum Gasteiger partial charge on any atom is -0.368 e. The maximum absolute atomic E-state index is 13.5. The minimum atomic E-state index is -4.72. The summed E-state index contributed by atoms with van der Waals surface area (Å²) in [5, 5.41) is -0.218. The van der Waals surface area contributed by atoms with E-state index in [2.05, 4.69) is 4.90 Å². The number of nitrogens with zero attached hydrogens (tertiary/aromatic N) is 3. The Labute approximate surface area is 212 Å². The molecule has 1 heterocycles. The van der Waals surface area contributed by atoms with E-state index < -0.39 is 39.9 Å². The first kappa shape index (κ1) is 25.8. The van der Waals surface area contributed by atoms with Crippen LogP contribution in [0.2, 0.25) is 5.02 Å². The molecule has 1 aliphatic rings. The molecule has 0 atom stereocenters. The van der Waals surface area contributed by atoms with Crippen LogP contribution < -0.4 is 9.21 Å². The summed E-state index contributed by atoms with van der Waals surface area (Å²) < 4.78 is 67.9. The third-order valence-corrected chi connectivity index (χ3v) is 8.00. The molecular formula is C25H23ClF3N3O3S. The van der Waals surface area contributed by atoms with E-state index in [1.807, 2.05) is 30.3 Å². The van der Waals surface area contributed by atoms with Crippen molar-refractivity contribution in [3.63, 3.8) is 0 Å². The summed E-state index contributed by atoms with van der Waals surface area (Å²) in [6.45, 7) is 1.05. The highest BCUT2D eigenvalue weighted by Crippen LogP contribution is 2.37. The lowest BCUT2D eigenvalue weighted by Gasteiger charge is -2.37. The van der Waals surface area contributed by atoms with Crippen LogP contribution in [0.15, 0.2) is 83.8 Å². The Morgan fingerprint density at radius 2 is 1.47 bits per heavy atom. The van der Waals surface area contributed by atoms with Crippen LogP contribution in [-0.4, -0.2) is 51.9 Å². The van der Waals surface area contributed by atoms with E-state index in [-0.39, 0.29) is 9.92 Å². The smallest absolute Gasteiger partial charge is 0.368 e. The first-order chi connectivity index (χ1) is 17.1. The molecule has 3 aromatic rings. The van der Waals surface area contributed by atoms with Gasteiger partial charge in [-0.3, -0.25) is 9.10 Å². The van der Waals surface area contributed by atoms with Crippen molar-refractivity contribution in [2.45, 2.75) is 11.1 Å². The zero-order valence-electron chi connectivity index (χ0n) is 19.0. The molecule has 0 N–H and O–H groups in total. The van der Waals surface area contributed by atoms with Gasteiger partial charge in [-0.05, 0) is 42.5 Å². The third kappa shape index (κ3) is 5.60. The van der Waals surface area contributed by atoms with E-state index in [0.717, 1.165) is 17.8 Å². The van der Waals surface area contributed by atoms with Gasteiger partial charge in [-0.2, -0.15) is 13.2 Å². The predicted octanol–water partition coefficient (Wildman–Crippen LogP) is 4.90. The second-order valence-electron chi connectivity index (χ2n) is 8.19. The average Bonchev–Trinajstić information content (AvgIpc) is 2.88. The Hall–Kier alpha value is -3.24. The molecule has 4 rings (SSSR count). The number of halogens is 4. The topological polar surface area (TPSA) is 60.9 Å². The van der Waals surface area contributed by atoms with Crippen molar-refractivity contribution >= 4 is 38.9 Å². The molecule has 0 aromatic heterocycles. The fraction of sp³-hybridized carbons (Fsp3) is 0.240. The Balaban J connectivity index is 1.63. The van der Waals surface area contributed by atoms with E-state index in [1.165, 1.54) is 29.2 Å². The molecule has 0 spiro atoms. The van der Waals surface area contributed by atoms with Crippen molar-refractivity contribution in [3.05, 3.63) is 89.4 Å². The van der Waals surface area contributed by atoms with Crippen LogP contribution in [0.3, 0.4) is 0 Å². The van der Waals surface area contributed by atoms with Crippen LogP contribution in [0, 0.1) is 0 Å². The first-order valence-electron chi connectivity index (χ1n) is 11.1. The Morgan fingerprint density at radius 3 is 2.06 bits per heavy atom. The highest BCUT2D eigenvalue weighted by molar-refractivity contribution is 7.92. The summed E-state index contributed by atoms with van der Waals surface area (Å²) in [5.74, 6) is -0.532. The van der Waals surface area contributed by atoms with E-state index in [9.17, 15) is 26.4 Å². The Kier molecular flexibility index (Phi) is 7.46. The van der Waals surface area contributed by atoms with Gasteiger partial charge in [-0.15, -0.1) is 0 Å². The Bertz CT molecular complexity index is 1310. The van der Waals surface area contributed by atoms with Gasteiger partial charge < -0.3 is 9.80 Å².